The van der Waals surface area contributed by atoms with Crippen LogP contribution in [0.3, 0.4) is 0 Å². The van der Waals surface area contributed by atoms with Gasteiger partial charge in [0, 0.05) is 13.2 Å². The number of primary amides is 1. The van der Waals surface area contributed by atoms with Gasteiger partial charge in [0.2, 0.25) is 0 Å². The summed E-state index contributed by atoms with van der Waals surface area (Å²) in [6.45, 7) is 0. The highest BCUT2D eigenvalue weighted by Crippen LogP contribution is 2.17. The first-order valence-electron chi connectivity index (χ1n) is 5.25. The van der Waals surface area contributed by atoms with E-state index in [1.54, 1.807) is 30.4 Å². The molecule has 0 fully saturated rings. The van der Waals surface area contributed by atoms with Crippen LogP contribution in [-0.2, 0) is 7.05 Å². The summed E-state index contributed by atoms with van der Waals surface area (Å²) in [6.07, 6.45) is 4.99. The van der Waals surface area contributed by atoms with Gasteiger partial charge in [0.05, 0.1) is 11.9 Å². The quantitative estimate of drug-likeness (QED) is 0.538. The van der Waals surface area contributed by atoms with E-state index in [0.29, 0.717) is 10.8 Å². The van der Waals surface area contributed by atoms with Crippen molar-refractivity contribution in [3.8, 4) is 0 Å². The molecule has 4 N–H and O–H groups in total. The number of nitrogens with two attached hydrogens (primary N) is 1. The van der Waals surface area contributed by atoms with Crippen LogP contribution in [0.4, 0.5) is 11.5 Å². The molecule has 9 heteroatoms. The lowest BCUT2D eigenvalue weighted by Gasteiger charge is -2.07. The molecule has 2 aromatic heterocycles. The summed E-state index contributed by atoms with van der Waals surface area (Å²) < 4.78 is 1.58. The van der Waals surface area contributed by atoms with Crippen molar-refractivity contribution in [3.05, 3.63) is 28.3 Å². The molecule has 0 saturated heterocycles. The Bertz CT molecular complexity index is 677. The van der Waals surface area contributed by atoms with E-state index in [4.69, 9.17) is 5.73 Å². The number of hydrogen-bond acceptors (Lipinski definition) is 6. The largest absolute Gasteiger partial charge is 0.365 e. The Kier molecular flexibility index (Phi) is 3.56. The van der Waals surface area contributed by atoms with Crippen LogP contribution in [-0.4, -0.2) is 31.9 Å². The molecule has 19 heavy (non-hydrogen) atoms. The second-order valence-corrected chi connectivity index (χ2v) is 4.49. The summed E-state index contributed by atoms with van der Waals surface area (Å²) >= 11 is 1.25. The topological polar surface area (TPSA) is 119 Å². The van der Waals surface area contributed by atoms with E-state index in [2.05, 4.69) is 20.4 Å². The molecular formula is C10H12N6O2S. The second kappa shape index (κ2) is 5.14. The fourth-order valence-corrected chi connectivity index (χ4v) is 1.87. The molecule has 2 aromatic rings. The monoisotopic (exact) mass is 280 g/mol. The van der Waals surface area contributed by atoms with Crippen molar-refractivity contribution in [2.24, 2.45) is 12.8 Å². The maximum Gasteiger partial charge on any atom is 0.266 e. The number of aryl methyl sites for hydroxylation is 1. The van der Waals surface area contributed by atoms with Crippen LogP contribution in [0.25, 0.3) is 0 Å². The number of aromatic amines is 1. The minimum Gasteiger partial charge on any atom is -0.365 e. The standard InChI is InChI=1S/C10H12N6O2S/c1-16-4-5(3-12-16)13-8-6(7(11)17)9(18)15-10(14-8)19-2/h3-4H,1-2H3,(H2,11,17)(H2,13,14,15,18). The highest BCUT2D eigenvalue weighted by Gasteiger charge is 2.17. The zero-order valence-corrected chi connectivity index (χ0v) is 11.1. The zero-order valence-electron chi connectivity index (χ0n) is 10.3. The van der Waals surface area contributed by atoms with Crippen LogP contribution < -0.4 is 16.6 Å². The van der Waals surface area contributed by atoms with Crippen molar-refractivity contribution in [2.45, 2.75) is 5.16 Å². The lowest BCUT2D eigenvalue weighted by Crippen LogP contribution is -2.26. The van der Waals surface area contributed by atoms with Gasteiger partial charge in [-0.15, -0.1) is 0 Å². The second-order valence-electron chi connectivity index (χ2n) is 3.69. The number of H-pyrrole nitrogens is 1. The molecular weight excluding hydrogens is 268 g/mol. The third kappa shape index (κ3) is 2.76. The van der Waals surface area contributed by atoms with Crippen LogP contribution in [0.15, 0.2) is 22.3 Å². The Morgan fingerprint density at radius 3 is 2.84 bits per heavy atom. The van der Waals surface area contributed by atoms with E-state index in [0.717, 1.165) is 0 Å². The molecule has 0 radical (unpaired) electrons. The van der Waals surface area contributed by atoms with E-state index in [1.165, 1.54) is 11.8 Å². The van der Waals surface area contributed by atoms with Crippen molar-refractivity contribution in [1.82, 2.24) is 19.7 Å². The Morgan fingerprint density at radius 2 is 2.32 bits per heavy atom. The Morgan fingerprint density at radius 1 is 1.58 bits per heavy atom. The molecule has 1 amide bonds. The normalized spacial score (nSPS) is 10.4. The number of aromatic nitrogens is 4. The SMILES string of the molecule is CSc1nc(Nc2cnn(C)c2)c(C(N)=O)c(=O)[nH]1. The van der Waals surface area contributed by atoms with Gasteiger partial charge in [-0.05, 0) is 6.26 Å². The smallest absolute Gasteiger partial charge is 0.266 e. The molecule has 0 bridgehead atoms. The number of anilines is 2. The Labute approximate surface area is 112 Å². The van der Waals surface area contributed by atoms with Crippen molar-refractivity contribution in [2.75, 3.05) is 11.6 Å². The Balaban J connectivity index is 2.50. The zero-order chi connectivity index (χ0) is 14.0. The molecule has 0 saturated carbocycles. The van der Waals surface area contributed by atoms with E-state index < -0.39 is 11.5 Å². The van der Waals surface area contributed by atoms with Gasteiger partial charge in [0.15, 0.2) is 11.0 Å². The van der Waals surface area contributed by atoms with E-state index in [9.17, 15) is 9.59 Å². The van der Waals surface area contributed by atoms with Crippen LogP contribution in [0.1, 0.15) is 10.4 Å². The Hall–Kier alpha value is -2.29. The molecule has 0 atom stereocenters. The fraction of sp³-hybridized carbons (Fsp3) is 0.200. The average Bonchev–Trinajstić information content (AvgIpc) is 2.73. The first kappa shape index (κ1) is 13.1. The maximum atomic E-state index is 11.8. The van der Waals surface area contributed by atoms with E-state index in [1.807, 2.05) is 0 Å². The van der Waals surface area contributed by atoms with Crippen LogP contribution in [0.5, 0.6) is 0 Å². The van der Waals surface area contributed by atoms with Gasteiger partial charge in [-0.3, -0.25) is 14.3 Å². The fourth-order valence-electron chi connectivity index (χ4n) is 1.49. The van der Waals surface area contributed by atoms with Gasteiger partial charge in [0.25, 0.3) is 11.5 Å². The average molecular weight is 280 g/mol. The van der Waals surface area contributed by atoms with Crippen molar-refractivity contribution in [1.29, 1.82) is 0 Å². The lowest BCUT2D eigenvalue weighted by atomic mass is 10.3. The third-order valence-corrected chi connectivity index (χ3v) is 2.89. The van der Waals surface area contributed by atoms with Gasteiger partial charge in [-0.25, -0.2) is 4.98 Å². The van der Waals surface area contributed by atoms with Crippen molar-refractivity contribution in [3.63, 3.8) is 0 Å². The number of thioether (sulfide) groups is 1. The predicted molar refractivity (Wildman–Crippen MR) is 71.6 cm³/mol. The van der Waals surface area contributed by atoms with Crippen LogP contribution >= 0.6 is 11.8 Å². The number of nitrogens with one attached hydrogen (secondary N) is 2. The molecule has 2 heterocycles. The van der Waals surface area contributed by atoms with E-state index in [-0.39, 0.29) is 11.4 Å². The molecule has 0 spiro atoms. The molecule has 0 aliphatic heterocycles. The third-order valence-electron chi connectivity index (χ3n) is 2.31. The number of amides is 1. The minimum absolute atomic E-state index is 0.119. The molecule has 2 rings (SSSR count). The highest BCUT2D eigenvalue weighted by molar-refractivity contribution is 7.98. The summed E-state index contributed by atoms with van der Waals surface area (Å²) in [5.41, 5.74) is 5.03. The van der Waals surface area contributed by atoms with Crippen molar-refractivity contribution < 1.29 is 4.79 Å². The molecule has 0 unspecified atom stereocenters. The number of nitrogens with zero attached hydrogens (tertiary/aromatic N) is 3. The molecule has 0 aliphatic carbocycles. The van der Waals surface area contributed by atoms with Gasteiger partial charge < -0.3 is 16.0 Å². The van der Waals surface area contributed by atoms with Gasteiger partial charge in [-0.1, -0.05) is 11.8 Å². The lowest BCUT2D eigenvalue weighted by molar-refractivity contribution is 0.0999. The molecule has 100 valence electrons. The minimum atomic E-state index is -0.840. The van der Waals surface area contributed by atoms with Gasteiger partial charge >= 0.3 is 0 Å². The molecule has 0 aliphatic rings. The summed E-state index contributed by atoms with van der Waals surface area (Å²) in [5.74, 6) is -0.721. The predicted octanol–water partition coefficient (Wildman–Crippen LogP) is 0.0678. The maximum absolute atomic E-state index is 11.8. The summed E-state index contributed by atoms with van der Waals surface area (Å²) in [7, 11) is 1.75. The number of rotatable bonds is 4. The van der Waals surface area contributed by atoms with Crippen molar-refractivity contribution >= 4 is 29.2 Å². The highest BCUT2D eigenvalue weighted by atomic mass is 32.2. The summed E-state index contributed by atoms with van der Waals surface area (Å²) in [4.78, 5) is 29.7. The van der Waals surface area contributed by atoms with Gasteiger partial charge in [0.1, 0.15) is 5.56 Å². The number of carbonyl (C=O) groups excluding carboxylic acids is 1. The number of hydrogen-bond donors (Lipinski definition) is 3. The first-order chi connectivity index (χ1) is 9.01. The van der Waals surface area contributed by atoms with Crippen LogP contribution in [0.2, 0.25) is 0 Å². The first-order valence-corrected chi connectivity index (χ1v) is 6.47. The number of carbonyl (C=O) groups is 1. The van der Waals surface area contributed by atoms with Crippen LogP contribution in [0, 0.1) is 0 Å². The van der Waals surface area contributed by atoms with E-state index >= 15 is 0 Å². The summed E-state index contributed by atoms with van der Waals surface area (Å²) in [5, 5.41) is 7.22. The van der Waals surface area contributed by atoms with Gasteiger partial charge in [-0.2, -0.15) is 5.10 Å². The molecule has 8 nitrogen and oxygen atoms in total. The summed E-state index contributed by atoms with van der Waals surface area (Å²) in [6, 6.07) is 0. The molecule has 0 aromatic carbocycles.